The first-order chi connectivity index (χ1) is 5.50. The van der Waals surface area contributed by atoms with Gasteiger partial charge in [-0.2, -0.15) is 0 Å². The Morgan fingerprint density at radius 1 is 1.42 bits per heavy atom. The second-order valence-electron chi connectivity index (χ2n) is 1.69. The number of hydrogen-bond donors (Lipinski definition) is 0. The molecule has 6 heteroatoms. The molecule has 0 N–H and O–H groups in total. The summed E-state index contributed by atoms with van der Waals surface area (Å²) >= 11 is 19.3. The first-order valence-electron chi connectivity index (χ1n) is 3.25. The molecule has 0 fully saturated rings. The van der Waals surface area contributed by atoms with E-state index >= 15 is 0 Å². The van der Waals surface area contributed by atoms with E-state index in [-0.39, 0.29) is 0 Å². The van der Waals surface area contributed by atoms with E-state index in [1.165, 1.54) is 0 Å². The van der Waals surface area contributed by atoms with Gasteiger partial charge in [0.2, 0.25) is 0 Å². The van der Waals surface area contributed by atoms with E-state index in [1.54, 1.807) is 0 Å². The third-order valence-electron chi connectivity index (χ3n) is 0.713. The maximum atomic E-state index is 9.86. The fourth-order valence-corrected chi connectivity index (χ4v) is 0.374. The van der Waals surface area contributed by atoms with Crippen LogP contribution in [0.2, 0.25) is 0 Å². The Kier molecular flexibility index (Phi) is 14.7. The van der Waals surface area contributed by atoms with Crippen molar-refractivity contribution in [1.29, 1.82) is 0 Å². The first kappa shape index (κ1) is 15.1. The highest BCUT2D eigenvalue weighted by atomic mass is 35.6. The van der Waals surface area contributed by atoms with Crippen molar-refractivity contribution in [1.82, 2.24) is 0 Å². The van der Waals surface area contributed by atoms with Crippen LogP contribution in [0.15, 0.2) is 0 Å². The van der Waals surface area contributed by atoms with Gasteiger partial charge in [-0.25, -0.2) is 4.79 Å². The van der Waals surface area contributed by atoms with E-state index in [2.05, 4.69) is 4.74 Å². The summed E-state index contributed by atoms with van der Waals surface area (Å²) in [5.41, 5.74) is -0.710. The zero-order valence-corrected chi connectivity index (χ0v) is 9.55. The van der Waals surface area contributed by atoms with Crippen molar-refractivity contribution in [3.8, 4) is 0 Å². The second-order valence-corrected chi connectivity index (χ2v) is 3.98. The zero-order chi connectivity index (χ0) is 9.98. The van der Waals surface area contributed by atoms with E-state index in [0.29, 0.717) is 6.61 Å². The number of hydrogen-bond acceptors (Lipinski definition) is 2. The van der Waals surface area contributed by atoms with Crippen molar-refractivity contribution in [3.63, 3.8) is 0 Å². The van der Waals surface area contributed by atoms with Gasteiger partial charge in [0.25, 0.3) is 0 Å². The Morgan fingerprint density at radius 3 is 2.08 bits per heavy atom. The summed E-state index contributed by atoms with van der Waals surface area (Å²) in [6.45, 7) is 2.46. The molecule has 0 saturated heterocycles. The number of alkyl halides is 3. The van der Waals surface area contributed by atoms with Gasteiger partial charge in [0.1, 0.15) is 0 Å². The van der Waals surface area contributed by atoms with E-state index < -0.39 is 9.72 Å². The Balaban J connectivity index is 0. The molecule has 0 spiro atoms. The molecule has 0 unspecified atom stereocenters. The minimum atomic E-state index is -0.750. The van der Waals surface area contributed by atoms with Crippen molar-refractivity contribution in [2.24, 2.45) is 0 Å². The van der Waals surface area contributed by atoms with E-state index in [0.717, 1.165) is 12.8 Å². The minimum absolute atomic E-state index is 0.443. The Morgan fingerprint density at radius 2 is 1.83 bits per heavy atom. The molecule has 0 amide bonds. The van der Waals surface area contributed by atoms with Crippen LogP contribution >= 0.6 is 46.4 Å². The monoisotopic (exact) mass is 254 g/mol. The average molecular weight is 256 g/mol. The summed E-state index contributed by atoms with van der Waals surface area (Å²) in [7, 11) is 0. The largest absolute Gasteiger partial charge is 0.454 e. The van der Waals surface area contributed by atoms with Gasteiger partial charge in [-0.05, 0) is 6.42 Å². The molecule has 0 atom stereocenters. The molecule has 74 valence electrons. The number of carbonyl (C=O) groups is 1. The fraction of sp³-hybridized carbons (Fsp3) is 0.833. The van der Waals surface area contributed by atoms with Crippen LogP contribution in [0.4, 0.5) is 4.79 Å². The summed E-state index contributed by atoms with van der Waals surface area (Å²) in [5.74, 6) is 0. The lowest BCUT2D eigenvalue weighted by atomic mass is 10.4. The maximum Gasteiger partial charge on any atom is 0.403 e. The van der Waals surface area contributed by atoms with Crippen molar-refractivity contribution in [2.75, 3.05) is 6.61 Å². The molecule has 0 aliphatic heterocycles. The third-order valence-corrected chi connectivity index (χ3v) is 0.823. The highest BCUT2D eigenvalue weighted by molar-refractivity contribution is 6.63. The standard InChI is InChI=1S/C5H9ClO2.CHCl3/c1-2-3-4-8-5(6)7;2-1(3)4/h2-4H2,1H3;1H. The van der Waals surface area contributed by atoms with Crippen molar-refractivity contribution < 1.29 is 9.53 Å². The molecule has 0 radical (unpaired) electrons. The van der Waals surface area contributed by atoms with Gasteiger partial charge in [0.15, 0.2) is 4.30 Å². The highest BCUT2D eigenvalue weighted by Crippen LogP contribution is 2.03. The van der Waals surface area contributed by atoms with Crippen LogP contribution in [0.1, 0.15) is 19.8 Å². The van der Waals surface area contributed by atoms with Gasteiger partial charge in [-0.1, -0.05) is 48.1 Å². The molecule has 12 heavy (non-hydrogen) atoms. The number of ether oxygens (including phenoxy) is 1. The van der Waals surface area contributed by atoms with Gasteiger partial charge in [-0.3, -0.25) is 0 Å². The predicted octanol–water partition coefficient (Wildman–Crippen LogP) is 4.15. The van der Waals surface area contributed by atoms with Crippen LogP contribution in [-0.4, -0.2) is 16.3 Å². The Hall–Kier alpha value is 0.630. The number of carbonyl (C=O) groups excluding carboxylic acids is 1. The van der Waals surface area contributed by atoms with E-state index in [9.17, 15) is 4.79 Å². The van der Waals surface area contributed by atoms with Gasteiger partial charge >= 0.3 is 5.43 Å². The maximum absolute atomic E-state index is 9.86. The molecule has 0 rings (SSSR count). The number of rotatable bonds is 3. The zero-order valence-electron chi connectivity index (χ0n) is 6.53. The third kappa shape index (κ3) is 31.1. The number of halogens is 4. The summed E-state index contributed by atoms with van der Waals surface area (Å²) in [6.07, 6.45) is 1.91. The fourth-order valence-electron chi connectivity index (χ4n) is 0.297. The molecule has 0 aliphatic rings. The van der Waals surface area contributed by atoms with Crippen molar-refractivity contribution in [2.45, 2.75) is 24.1 Å². The van der Waals surface area contributed by atoms with Gasteiger partial charge in [0, 0.05) is 11.6 Å². The quantitative estimate of drug-likeness (QED) is 0.430. The van der Waals surface area contributed by atoms with E-state index in [1.807, 2.05) is 6.92 Å². The SMILES string of the molecule is CCCCOC(=O)Cl.ClC(Cl)Cl. The van der Waals surface area contributed by atoms with Crippen LogP contribution in [0, 0.1) is 0 Å². The van der Waals surface area contributed by atoms with Gasteiger partial charge < -0.3 is 4.74 Å². The molecule has 0 aromatic rings. The summed E-state index contributed by atoms with van der Waals surface area (Å²) in [6, 6.07) is 0. The summed E-state index contributed by atoms with van der Waals surface area (Å²) in [5, 5.41) is 0. The first-order valence-corrected chi connectivity index (χ1v) is 4.93. The lowest BCUT2D eigenvalue weighted by molar-refractivity contribution is 0.171. The van der Waals surface area contributed by atoms with Crippen molar-refractivity contribution >= 4 is 51.8 Å². The van der Waals surface area contributed by atoms with Crippen molar-refractivity contribution in [3.05, 3.63) is 0 Å². The highest BCUT2D eigenvalue weighted by Gasteiger charge is 1.91. The van der Waals surface area contributed by atoms with E-state index in [4.69, 9.17) is 46.4 Å². The topological polar surface area (TPSA) is 26.3 Å². The minimum Gasteiger partial charge on any atom is -0.454 e. The second kappa shape index (κ2) is 11.6. The molecular formula is C6H10Cl4O2. The molecule has 0 bridgehead atoms. The molecule has 0 saturated carbocycles. The molecule has 0 aromatic heterocycles. The lowest BCUT2D eigenvalue weighted by Crippen LogP contribution is -1.94. The van der Waals surface area contributed by atoms with Crippen LogP contribution in [0.5, 0.6) is 0 Å². The summed E-state index contributed by atoms with van der Waals surface area (Å²) < 4.78 is 3.66. The number of unbranched alkanes of at least 4 members (excludes halogenated alkanes) is 1. The van der Waals surface area contributed by atoms with Gasteiger partial charge in [0.05, 0.1) is 6.61 Å². The molecule has 0 aromatic carbocycles. The lowest BCUT2D eigenvalue weighted by Gasteiger charge is -1.94. The average Bonchev–Trinajstić information content (AvgIpc) is 1.86. The molecule has 0 heterocycles. The molecular weight excluding hydrogens is 246 g/mol. The van der Waals surface area contributed by atoms with Crippen LogP contribution < -0.4 is 0 Å². The summed E-state index contributed by atoms with van der Waals surface area (Å²) in [4.78, 5) is 9.86. The molecule has 0 aliphatic carbocycles. The predicted molar refractivity (Wildman–Crippen MR) is 53.5 cm³/mol. The molecule has 2 nitrogen and oxygen atoms in total. The Labute approximate surface area is 92.1 Å². The van der Waals surface area contributed by atoms with Crippen LogP contribution in [0.25, 0.3) is 0 Å². The van der Waals surface area contributed by atoms with Crippen LogP contribution in [-0.2, 0) is 4.74 Å². The van der Waals surface area contributed by atoms with Crippen LogP contribution in [0.3, 0.4) is 0 Å². The smallest absolute Gasteiger partial charge is 0.403 e. The normalized spacial score (nSPS) is 8.83. The van der Waals surface area contributed by atoms with Gasteiger partial charge in [-0.15, -0.1) is 0 Å². The Bertz CT molecular complexity index is 105.